The molecule has 1 heterocycles. The summed E-state index contributed by atoms with van der Waals surface area (Å²) in [5.74, 6) is 0.649. The molecule has 0 saturated heterocycles. The van der Waals surface area contributed by atoms with Crippen LogP contribution in [0.4, 0.5) is 0 Å². The molecular formula is C24H27N3O. The second-order valence-electron chi connectivity index (χ2n) is 8.00. The second kappa shape index (κ2) is 8.01. The van der Waals surface area contributed by atoms with E-state index in [2.05, 4.69) is 49.2 Å². The molecule has 4 heteroatoms. The number of aromatic nitrogens is 2. The van der Waals surface area contributed by atoms with E-state index < -0.39 is 0 Å². The second-order valence-corrected chi connectivity index (χ2v) is 8.00. The van der Waals surface area contributed by atoms with Gasteiger partial charge in [-0.3, -0.25) is 4.79 Å². The predicted molar refractivity (Wildman–Crippen MR) is 111 cm³/mol. The van der Waals surface area contributed by atoms with E-state index in [1.165, 1.54) is 11.1 Å². The van der Waals surface area contributed by atoms with Gasteiger partial charge < -0.3 is 9.47 Å². The van der Waals surface area contributed by atoms with Gasteiger partial charge in [0.25, 0.3) is 5.91 Å². The van der Waals surface area contributed by atoms with Gasteiger partial charge >= 0.3 is 0 Å². The zero-order valence-corrected chi connectivity index (χ0v) is 16.6. The largest absolute Gasteiger partial charge is 0.333 e. The summed E-state index contributed by atoms with van der Waals surface area (Å²) in [6.07, 6.45) is 7.71. The van der Waals surface area contributed by atoms with Crippen molar-refractivity contribution in [3.63, 3.8) is 0 Å². The van der Waals surface area contributed by atoms with Gasteiger partial charge in [0.05, 0.1) is 6.33 Å². The molecule has 1 fully saturated rings. The third-order valence-electron chi connectivity index (χ3n) is 5.35. The molecule has 1 aromatic heterocycles. The molecule has 4 nitrogen and oxygen atoms in total. The van der Waals surface area contributed by atoms with Crippen LogP contribution in [0.3, 0.4) is 0 Å². The molecule has 28 heavy (non-hydrogen) atoms. The lowest BCUT2D eigenvalue weighted by molar-refractivity contribution is 0.0730. The molecule has 0 N–H and O–H groups in total. The number of hydrogen-bond acceptors (Lipinski definition) is 2. The first kappa shape index (κ1) is 18.5. The van der Waals surface area contributed by atoms with E-state index in [9.17, 15) is 4.79 Å². The van der Waals surface area contributed by atoms with Gasteiger partial charge in [-0.2, -0.15) is 0 Å². The van der Waals surface area contributed by atoms with Crippen LogP contribution in [0.1, 0.15) is 59.7 Å². The van der Waals surface area contributed by atoms with Gasteiger partial charge in [0.1, 0.15) is 0 Å². The molecule has 0 radical (unpaired) electrons. The molecule has 2 aromatic carbocycles. The normalized spacial score (nSPS) is 13.7. The van der Waals surface area contributed by atoms with Crippen LogP contribution in [-0.4, -0.2) is 26.4 Å². The molecule has 0 atom stereocenters. The Morgan fingerprint density at radius 3 is 2.57 bits per heavy atom. The maximum absolute atomic E-state index is 13.3. The Morgan fingerprint density at radius 1 is 1.14 bits per heavy atom. The molecule has 1 aliphatic rings. The first-order chi connectivity index (χ1) is 13.6. The molecular weight excluding hydrogens is 346 g/mol. The van der Waals surface area contributed by atoms with Gasteiger partial charge in [0.2, 0.25) is 0 Å². The van der Waals surface area contributed by atoms with Crippen molar-refractivity contribution in [2.24, 2.45) is 0 Å². The van der Waals surface area contributed by atoms with Gasteiger partial charge in [-0.05, 0) is 47.6 Å². The molecule has 0 bridgehead atoms. The van der Waals surface area contributed by atoms with Crippen LogP contribution in [0.2, 0.25) is 0 Å². The molecule has 144 valence electrons. The molecule has 4 rings (SSSR count). The minimum Gasteiger partial charge on any atom is -0.333 e. The Bertz CT molecular complexity index is 925. The smallest absolute Gasteiger partial charge is 0.254 e. The summed E-state index contributed by atoms with van der Waals surface area (Å²) < 4.78 is 2.01. The standard InChI is InChI=1S/C24H27N3O/c1-18(2)21-8-6-19(7-9-21)16-27(23-10-11-23)24(28)22-5-3-4-20(14-22)15-26-13-12-25-17-26/h3-9,12-14,17-18,23H,10-11,15-16H2,1-2H3. The summed E-state index contributed by atoms with van der Waals surface area (Å²) >= 11 is 0. The third kappa shape index (κ3) is 4.33. The Kier molecular flexibility index (Phi) is 5.29. The highest BCUT2D eigenvalue weighted by Gasteiger charge is 2.33. The Morgan fingerprint density at radius 2 is 1.93 bits per heavy atom. The first-order valence-electron chi connectivity index (χ1n) is 10.0. The molecule has 1 saturated carbocycles. The quantitative estimate of drug-likeness (QED) is 0.593. The average molecular weight is 374 g/mol. The van der Waals surface area contributed by atoms with Crippen LogP contribution in [-0.2, 0) is 13.1 Å². The Balaban J connectivity index is 1.51. The highest BCUT2D eigenvalue weighted by atomic mass is 16.2. The van der Waals surface area contributed by atoms with Crippen LogP contribution in [0.15, 0.2) is 67.3 Å². The lowest BCUT2D eigenvalue weighted by atomic mass is 10.0. The third-order valence-corrected chi connectivity index (χ3v) is 5.35. The molecule has 0 aliphatic heterocycles. The lowest BCUT2D eigenvalue weighted by Crippen LogP contribution is -2.32. The molecule has 0 spiro atoms. The van der Waals surface area contributed by atoms with E-state index >= 15 is 0 Å². The highest BCUT2D eigenvalue weighted by Crippen LogP contribution is 2.30. The van der Waals surface area contributed by atoms with Crippen molar-refractivity contribution in [3.8, 4) is 0 Å². The minimum absolute atomic E-state index is 0.128. The fourth-order valence-electron chi connectivity index (χ4n) is 3.52. The van der Waals surface area contributed by atoms with Crippen molar-refractivity contribution in [2.45, 2.75) is 51.7 Å². The van der Waals surface area contributed by atoms with E-state index in [0.29, 0.717) is 18.5 Å². The topological polar surface area (TPSA) is 38.1 Å². The summed E-state index contributed by atoms with van der Waals surface area (Å²) in [5.41, 5.74) is 4.41. The number of amides is 1. The zero-order valence-electron chi connectivity index (χ0n) is 16.6. The average Bonchev–Trinajstić information content (AvgIpc) is 3.42. The number of nitrogens with zero attached hydrogens (tertiary/aromatic N) is 3. The number of carbonyl (C=O) groups excluding carboxylic acids is 1. The monoisotopic (exact) mass is 373 g/mol. The van der Waals surface area contributed by atoms with Crippen LogP contribution in [0.25, 0.3) is 0 Å². The van der Waals surface area contributed by atoms with Crippen LogP contribution in [0.5, 0.6) is 0 Å². The summed E-state index contributed by atoms with van der Waals surface area (Å²) in [7, 11) is 0. The van der Waals surface area contributed by atoms with Gasteiger partial charge in [0.15, 0.2) is 0 Å². The van der Waals surface area contributed by atoms with Gasteiger partial charge in [0, 0.05) is 37.1 Å². The van der Waals surface area contributed by atoms with E-state index in [0.717, 1.165) is 30.5 Å². The highest BCUT2D eigenvalue weighted by molar-refractivity contribution is 5.94. The zero-order chi connectivity index (χ0) is 19.5. The lowest BCUT2D eigenvalue weighted by Gasteiger charge is -2.23. The predicted octanol–water partition coefficient (Wildman–Crippen LogP) is 4.86. The molecule has 1 amide bonds. The summed E-state index contributed by atoms with van der Waals surface area (Å²) in [4.78, 5) is 19.4. The summed E-state index contributed by atoms with van der Waals surface area (Å²) in [6.45, 7) is 5.80. The number of imidazole rings is 1. The minimum atomic E-state index is 0.128. The van der Waals surface area contributed by atoms with Crippen molar-refractivity contribution >= 4 is 5.91 Å². The Hall–Kier alpha value is -2.88. The molecule has 3 aromatic rings. The van der Waals surface area contributed by atoms with Gasteiger partial charge in [-0.1, -0.05) is 50.2 Å². The number of hydrogen-bond donors (Lipinski definition) is 0. The molecule has 1 aliphatic carbocycles. The van der Waals surface area contributed by atoms with E-state index in [-0.39, 0.29) is 5.91 Å². The maximum atomic E-state index is 13.3. The maximum Gasteiger partial charge on any atom is 0.254 e. The fraction of sp³-hybridized carbons (Fsp3) is 0.333. The Labute approximate surface area is 166 Å². The van der Waals surface area contributed by atoms with E-state index in [1.807, 2.05) is 33.9 Å². The van der Waals surface area contributed by atoms with Crippen molar-refractivity contribution in [2.75, 3.05) is 0 Å². The van der Waals surface area contributed by atoms with Crippen molar-refractivity contribution < 1.29 is 4.79 Å². The van der Waals surface area contributed by atoms with Gasteiger partial charge in [-0.15, -0.1) is 0 Å². The number of rotatable bonds is 7. The SMILES string of the molecule is CC(C)c1ccc(CN(C(=O)c2cccc(Cn3ccnc3)c2)C2CC2)cc1. The van der Waals surface area contributed by atoms with Crippen molar-refractivity contribution in [3.05, 3.63) is 89.5 Å². The van der Waals surface area contributed by atoms with Crippen LogP contribution in [0, 0.1) is 0 Å². The van der Waals surface area contributed by atoms with E-state index in [1.54, 1.807) is 12.5 Å². The summed E-state index contributed by atoms with van der Waals surface area (Å²) in [5, 5.41) is 0. The number of benzene rings is 2. The van der Waals surface area contributed by atoms with Crippen molar-refractivity contribution in [1.82, 2.24) is 14.5 Å². The van der Waals surface area contributed by atoms with E-state index in [4.69, 9.17) is 0 Å². The fourth-order valence-corrected chi connectivity index (χ4v) is 3.52. The molecule has 0 unspecified atom stereocenters. The van der Waals surface area contributed by atoms with Gasteiger partial charge in [-0.25, -0.2) is 4.98 Å². The summed E-state index contributed by atoms with van der Waals surface area (Å²) in [6, 6.07) is 17.0. The van der Waals surface area contributed by atoms with Crippen LogP contribution >= 0.6 is 0 Å². The first-order valence-corrected chi connectivity index (χ1v) is 10.0. The van der Waals surface area contributed by atoms with Crippen LogP contribution < -0.4 is 0 Å². The van der Waals surface area contributed by atoms with Crippen molar-refractivity contribution in [1.29, 1.82) is 0 Å². The number of carbonyl (C=O) groups is 1.